The van der Waals surface area contributed by atoms with Crippen molar-refractivity contribution in [3.8, 4) is 11.5 Å². The molecule has 5 rings (SSSR count). The maximum absolute atomic E-state index is 13.5. The molecule has 3 heterocycles. The summed E-state index contributed by atoms with van der Waals surface area (Å²) in [6, 6.07) is 14.3. The summed E-state index contributed by atoms with van der Waals surface area (Å²) in [6.45, 7) is 2.90. The van der Waals surface area contributed by atoms with Crippen LogP contribution in [-0.2, 0) is 24.3 Å². The number of oxazole rings is 1. The van der Waals surface area contributed by atoms with Crippen LogP contribution in [0, 0.1) is 5.82 Å². The van der Waals surface area contributed by atoms with E-state index in [-0.39, 0.29) is 17.8 Å². The quantitative estimate of drug-likeness (QED) is 0.658. The van der Waals surface area contributed by atoms with E-state index in [1.54, 1.807) is 18.4 Å². The molecule has 0 unspecified atom stereocenters. The molecule has 154 valence electrons. The highest BCUT2D eigenvalue weighted by Gasteiger charge is 2.35. The van der Waals surface area contributed by atoms with Crippen LogP contribution < -0.4 is 0 Å². The lowest BCUT2D eigenvalue weighted by atomic mass is 9.93. The Balaban J connectivity index is 1.40. The molecule has 0 radical (unpaired) electrons. The van der Waals surface area contributed by atoms with Crippen LogP contribution in [0.1, 0.15) is 29.7 Å². The molecule has 2 aromatic carbocycles. The predicted octanol–water partition coefficient (Wildman–Crippen LogP) is 4.03. The molecule has 30 heavy (non-hydrogen) atoms. The maximum atomic E-state index is 13.5. The van der Waals surface area contributed by atoms with Gasteiger partial charge in [-0.25, -0.2) is 9.37 Å². The fourth-order valence-corrected chi connectivity index (χ4v) is 4.48. The van der Waals surface area contributed by atoms with E-state index in [0.717, 1.165) is 31.6 Å². The lowest BCUT2D eigenvalue weighted by molar-refractivity contribution is -0.136. The number of fused-ring (bicyclic) bond motifs is 1. The van der Waals surface area contributed by atoms with Crippen LogP contribution in [0.5, 0.6) is 0 Å². The molecule has 6 heteroatoms. The van der Waals surface area contributed by atoms with Crippen molar-refractivity contribution in [2.45, 2.75) is 38.4 Å². The molecule has 0 bridgehead atoms. The molecule has 1 amide bonds. The second kappa shape index (κ2) is 8.03. The molecule has 1 aromatic heterocycles. The highest BCUT2D eigenvalue weighted by atomic mass is 19.1. The summed E-state index contributed by atoms with van der Waals surface area (Å²) in [4.78, 5) is 22.0. The fraction of sp³-hybridized carbons (Fsp3) is 0.333. The lowest BCUT2D eigenvalue weighted by Crippen LogP contribution is -2.50. The Hall–Kier alpha value is -2.99. The van der Waals surface area contributed by atoms with Crippen molar-refractivity contribution in [3.05, 3.63) is 77.4 Å². The molecular formula is C24H24FN3O2. The molecule has 3 aromatic rings. The highest BCUT2D eigenvalue weighted by Crippen LogP contribution is 2.28. The van der Waals surface area contributed by atoms with Gasteiger partial charge in [0, 0.05) is 31.7 Å². The van der Waals surface area contributed by atoms with E-state index >= 15 is 0 Å². The third kappa shape index (κ3) is 3.75. The topological polar surface area (TPSA) is 49.6 Å². The molecule has 1 saturated heterocycles. The van der Waals surface area contributed by atoms with Gasteiger partial charge in [0.05, 0.1) is 11.7 Å². The zero-order valence-corrected chi connectivity index (χ0v) is 16.8. The van der Waals surface area contributed by atoms with Gasteiger partial charge in [-0.05, 0) is 48.6 Å². The van der Waals surface area contributed by atoms with Crippen molar-refractivity contribution < 1.29 is 13.6 Å². The normalized spacial score (nSPS) is 19.1. The summed E-state index contributed by atoms with van der Waals surface area (Å²) in [5.41, 5.74) is 3.84. The van der Waals surface area contributed by atoms with Crippen molar-refractivity contribution >= 4 is 5.91 Å². The first-order chi connectivity index (χ1) is 14.7. The maximum Gasteiger partial charge on any atom is 0.240 e. The Bertz CT molecular complexity index is 1060. The van der Waals surface area contributed by atoms with Crippen LogP contribution >= 0.6 is 0 Å². The zero-order valence-electron chi connectivity index (χ0n) is 16.8. The monoisotopic (exact) mass is 405 g/mol. The minimum absolute atomic E-state index is 0.202. The average Bonchev–Trinajstić information content (AvgIpc) is 3.45. The van der Waals surface area contributed by atoms with E-state index in [2.05, 4.69) is 22.0 Å². The first kappa shape index (κ1) is 19.0. The van der Waals surface area contributed by atoms with Crippen LogP contribution in [0.15, 0.2) is 59.2 Å². The largest absolute Gasteiger partial charge is 0.444 e. The number of hydrogen-bond donors (Lipinski definition) is 0. The van der Waals surface area contributed by atoms with Crippen LogP contribution in [0.4, 0.5) is 4.39 Å². The van der Waals surface area contributed by atoms with Gasteiger partial charge in [0.1, 0.15) is 12.1 Å². The number of carbonyl (C=O) groups excluding carboxylic acids is 1. The Morgan fingerprint density at radius 2 is 1.90 bits per heavy atom. The van der Waals surface area contributed by atoms with E-state index in [0.29, 0.717) is 31.0 Å². The van der Waals surface area contributed by atoms with Gasteiger partial charge >= 0.3 is 0 Å². The predicted molar refractivity (Wildman–Crippen MR) is 111 cm³/mol. The number of likely N-dealkylation sites (tertiary alicyclic amines) is 1. The smallest absolute Gasteiger partial charge is 0.240 e. The first-order valence-electron chi connectivity index (χ1n) is 10.5. The van der Waals surface area contributed by atoms with Crippen LogP contribution in [0.25, 0.3) is 11.5 Å². The summed E-state index contributed by atoms with van der Waals surface area (Å²) >= 11 is 0. The van der Waals surface area contributed by atoms with Gasteiger partial charge in [0.2, 0.25) is 11.8 Å². The Morgan fingerprint density at radius 1 is 1.10 bits per heavy atom. The Kier molecular flexibility index (Phi) is 5.09. The van der Waals surface area contributed by atoms with Crippen LogP contribution in [0.3, 0.4) is 0 Å². The van der Waals surface area contributed by atoms with Crippen molar-refractivity contribution in [2.24, 2.45) is 0 Å². The lowest BCUT2D eigenvalue weighted by Gasteiger charge is -2.37. The molecule has 1 fully saturated rings. The summed E-state index contributed by atoms with van der Waals surface area (Å²) in [5, 5.41) is 0. The Morgan fingerprint density at radius 3 is 2.70 bits per heavy atom. The molecule has 0 N–H and O–H groups in total. The molecule has 5 nitrogen and oxygen atoms in total. The van der Waals surface area contributed by atoms with Crippen molar-refractivity contribution in [2.75, 3.05) is 13.1 Å². The van der Waals surface area contributed by atoms with Gasteiger partial charge in [-0.1, -0.05) is 30.3 Å². The van der Waals surface area contributed by atoms with Crippen LogP contribution in [-0.4, -0.2) is 39.8 Å². The minimum Gasteiger partial charge on any atom is -0.444 e. The van der Waals surface area contributed by atoms with Gasteiger partial charge in [-0.15, -0.1) is 0 Å². The summed E-state index contributed by atoms with van der Waals surface area (Å²) < 4.78 is 19.2. The molecule has 1 atom stereocenters. The molecule has 2 aliphatic heterocycles. The number of rotatable bonds is 4. The number of nitrogens with zero attached hydrogens (tertiary/aromatic N) is 3. The summed E-state index contributed by atoms with van der Waals surface area (Å²) in [6.07, 6.45) is 4.48. The molecule has 0 saturated carbocycles. The van der Waals surface area contributed by atoms with E-state index in [1.165, 1.54) is 23.3 Å². The standard InChI is InChI=1S/C24H24FN3O2/c25-20-9-5-8-18(12-20)23-26-21(16-30-23)15-28-14-19-7-2-1-6-17(19)13-22(28)24(29)27-10-3-4-11-27/h1-2,5-9,12,16,22H,3-4,10-11,13-15H2/t22-/m0/s1. The summed E-state index contributed by atoms with van der Waals surface area (Å²) in [5.74, 6) is 0.274. The number of amides is 1. The van der Waals surface area contributed by atoms with E-state index < -0.39 is 0 Å². The number of carbonyl (C=O) groups is 1. The van der Waals surface area contributed by atoms with Crippen molar-refractivity contribution in [3.63, 3.8) is 0 Å². The second-order valence-corrected chi connectivity index (χ2v) is 8.08. The zero-order chi connectivity index (χ0) is 20.5. The minimum atomic E-state index is -0.323. The SMILES string of the molecule is O=C([C@@H]1Cc2ccccc2CN1Cc1coc(-c2cccc(F)c2)n1)N1CCCC1. The highest BCUT2D eigenvalue weighted by molar-refractivity contribution is 5.83. The second-order valence-electron chi connectivity index (χ2n) is 8.08. The van der Waals surface area contributed by atoms with Gasteiger partial charge in [-0.2, -0.15) is 0 Å². The molecule has 0 spiro atoms. The van der Waals surface area contributed by atoms with E-state index in [1.807, 2.05) is 17.0 Å². The third-order valence-electron chi connectivity index (χ3n) is 6.04. The van der Waals surface area contributed by atoms with Gasteiger partial charge in [0.25, 0.3) is 0 Å². The Labute approximate surface area is 175 Å². The molecule has 2 aliphatic rings. The van der Waals surface area contributed by atoms with Gasteiger partial charge < -0.3 is 9.32 Å². The van der Waals surface area contributed by atoms with Crippen LogP contribution in [0.2, 0.25) is 0 Å². The summed E-state index contributed by atoms with van der Waals surface area (Å²) in [7, 11) is 0. The van der Waals surface area contributed by atoms with Crippen molar-refractivity contribution in [1.29, 1.82) is 0 Å². The molecular weight excluding hydrogens is 381 g/mol. The average molecular weight is 405 g/mol. The third-order valence-corrected chi connectivity index (χ3v) is 6.04. The number of aromatic nitrogens is 1. The van der Waals surface area contributed by atoms with Gasteiger partial charge in [0.15, 0.2) is 0 Å². The fourth-order valence-electron chi connectivity index (χ4n) is 4.48. The van der Waals surface area contributed by atoms with Gasteiger partial charge in [-0.3, -0.25) is 9.69 Å². The van der Waals surface area contributed by atoms with E-state index in [9.17, 15) is 9.18 Å². The molecule has 0 aliphatic carbocycles. The first-order valence-corrected chi connectivity index (χ1v) is 10.5. The van der Waals surface area contributed by atoms with Crippen molar-refractivity contribution in [1.82, 2.24) is 14.8 Å². The number of benzene rings is 2. The number of halogens is 1. The number of hydrogen-bond acceptors (Lipinski definition) is 4. The van der Waals surface area contributed by atoms with E-state index in [4.69, 9.17) is 4.42 Å².